The minimum atomic E-state index is 0.00528. The molecule has 1 amide bonds. The molecule has 1 saturated heterocycles. The fourth-order valence-electron chi connectivity index (χ4n) is 2.79. The van der Waals surface area contributed by atoms with E-state index in [0.29, 0.717) is 18.8 Å². The zero-order valence-corrected chi connectivity index (χ0v) is 11.4. The maximum absolute atomic E-state index is 12.5. The number of hydrogen-bond donors (Lipinski definition) is 1. The molecule has 0 unspecified atom stereocenters. The standard InChI is InChI=1S/C13H20N4O2/c1-9-6-17(7-10(2)19-9)12(18)11-8-16-5-3-4-14-13(16)15-11/h8-10H,3-7H2,1-2H3,(H,14,15)/t9-,10+. The second-order valence-corrected chi connectivity index (χ2v) is 5.39. The number of aromatic nitrogens is 2. The first-order valence-electron chi connectivity index (χ1n) is 6.89. The molecule has 3 rings (SSSR count). The van der Waals surface area contributed by atoms with Crippen LogP contribution < -0.4 is 5.32 Å². The Hall–Kier alpha value is -1.56. The number of amides is 1. The van der Waals surface area contributed by atoms with Crippen molar-refractivity contribution >= 4 is 11.9 Å². The third-order valence-electron chi connectivity index (χ3n) is 3.56. The molecule has 104 valence electrons. The van der Waals surface area contributed by atoms with Gasteiger partial charge in [-0.1, -0.05) is 0 Å². The molecule has 0 spiro atoms. The summed E-state index contributed by atoms with van der Waals surface area (Å²) in [6, 6.07) is 0. The number of ether oxygens (including phenoxy) is 1. The lowest BCUT2D eigenvalue weighted by atomic mass is 10.2. The predicted molar refractivity (Wildman–Crippen MR) is 71.2 cm³/mol. The lowest BCUT2D eigenvalue weighted by molar-refractivity contribution is -0.0587. The molecule has 2 atom stereocenters. The quantitative estimate of drug-likeness (QED) is 0.820. The van der Waals surface area contributed by atoms with Crippen LogP contribution >= 0.6 is 0 Å². The van der Waals surface area contributed by atoms with Gasteiger partial charge in [-0.2, -0.15) is 0 Å². The van der Waals surface area contributed by atoms with Crippen molar-refractivity contribution in [1.82, 2.24) is 14.5 Å². The molecular formula is C13H20N4O2. The van der Waals surface area contributed by atoms with Crippen molar-refractivity contribution in [1.29, 1.82) is 0 Å². The van der Waals surface area contributed by atoms with Crippen LogP contribution in [0.15, 0.2) is 6.20 Å². The van der Waals surface area contributed by atoms with E-state index < -0.39 is 0 Å². The number of nitrogens with one attached hydrogen (secondary N) is 1. The molecule has 0 aliphatic carbocycles. The van der Waals surface area contributed by atoms with E-state index in [1.165, 1.54) is 0 Å². The number of anilines is 1. The normalized spacial score (nSPS) is 26.7. The summed E-state index contributed by atoms with van der Waals surface area (Å²) in [6.07, 6.45) is 3.10. The van der Waals surface area contributed by atoms with E-state index in [4.69, 9.17) is 4.74 Å². The fraction of sp³-hybridized carbons (Fsp3) is 0.692. The summed E-state index contributed by atoms with van der Waals surface area (Å²) >= 11 is 0. The Balaban J connectivity index is 1.77. The number of carbonyl (C=O) groups excluding carboxylic acids is 1. The molecule has 19 heavy (non-hydrogen) atoms. The molecule has 6 heteroatoms. The van der Waals surface area contributed by atoms with E-state index in [1.807, 2.05) is 29.5 Å². The zero-order chi connectivity index (χ0) is 13.4. The van der Waals surface area contributed by atoms with Gasteiger partial charge < -0.3 is 19.5 Å². The van der Waals surface area contributed by atoms with Crippen molar-refractivity contribution in [3.8, 4) is 0 Å². The fourth-order valence-corrected chi connectivity index (χ4v) is 2.79. The van der Waals surface area contributed by atoms with E-state index in [-0.39, 0.29) is 18.1 Å². The number of nitrogens with zero attached hydrogens (tertiary/aromatic N) is 3. The molecule has 0 aromatic carbocycles. The number of rotatable bonds is 1. The summed E-state index contributed by atoms with van der Waals surface area (Å²) in [5.74, 6) is 0.814. The number of fused-ring (bicyclic) bond motifs is 1. The molecule has 1 N–H and O–H groups in total. The van der Waals surface area contributed by atoms with E-state index in [1.54, 1.807) is 0 Å². The van der Waals surface area contributed by atoms with Gasteiger partial charge >= 0.3 is 0 Å². The Labute approximate surface area is 112 Å². The third-order valence-corrected chi connectivity index (χ3v) is 3.56. The molecule has 1 fully saturated rings. The van der Waals surface area contributed by atoms with Crippen molar-refractivity contribution in [2.75, 3.05) is 25.0 Å². The van der Waals surface area contributed by atoms with Gasteiger partial charge in [-0.05, 0) is 20.3 Å². The van der Waals surface area contributed by atoms with Crippen LogP contribution in [0.1, 0.15) is 30.8 Å². The highest BCUT2D eigenvalue weighted by atomic mass is 16.5. The third kappa shape index (κ3) is 2.45. The summed E-state index contributed by atoms with van der Waals surface area (Å²) in [5, 5.41) is 3.21. The lowest BCUT2D eigenvalue weighted by Gasteiger charge is -2.34. The van der Waals surface area contributed by atoms with Crippen LogP contribution in [-0.4, -0.2) is 52.2 Å². The molecule has 0 radical (unpaired) electrons. The van der Waals surface area contributed by atoms with Crippen LogP contribution in [-0.2, 0) is 11.3 Å². The number of aryl methyl sites for hydroxylation is 1. The van der Waals surface area contributed by atoms with Crippen LogP contribution in [0.3, 0.4) is 0 Å². The van der Waals surface area contributed by atoms with Crippen molar-refractivity contribution in [3.63, 3.8) is 0 Å². The van der Waals surface area contributed by atoms with Gasteiger partial charge in [0.1, 0.15) is 5.69 Å². The Morgan fingerprint density at radius 2 is 2.16 bits per heavy atom. The molecule has 6 nitrogen and oxygen atoms in total. The molecule has 1 aromatic rings. The molecule has 1 aromatic heterocycles. The number of carbonyl (C=O) groups is 1. The largest absolute Gasteiger partial charge is 0.372 e. The Kier molecular flexibility index (Phi) is 3.18. The van der Waals surface area contributed by atoms with Gasteiger partial charge in [-0.25, -0.2) is 4.98 Å². The average Bonchev–Trinajstić information content (AvgIpc) is 2.80. The van der Waals surface area contributed by atoms with Gasteiger partial charge in [0.05, 0.1) is 12.2 Å². The first-order valence-corrected chi connectivity index (χ1v) is 6.89. The first kappa shape index (κ1) is 12.5. The van der Waals surface area contributed by atoms with Crippen molar-refractivity contribution in [2.24, 2.45) is 0 Å². The van der Waals surface area contributed by atoms with Crippen LogP contribution in [0.4, 0.5) is 5.95 Å². The minimum Gasteiger partial charge on any atom is -0.372 e. The first-order chi connectivity index (χ1) is 9.13. The van der Waals surface area contributed by atoms with Gasteiger partial charge in [0.15, 0.2) is 0 Å². The van der Waals surface area contributed by atoms with Crippen LogP contribution in [0, 0.1) is 0 Å². The van der Waals surface area contributed by atoms with Gasteiger partial charge in [-0.15, -0.1) is 0 Å². The number of morpholine rings is 1. The molecule has 3 heterocycles. The zero-order valence-electron chi connectivity index (χ0n) is 11.4. The van der Waals surface area contributed by atoms with E-state index in [0.717, 1.165) is 25.5 Å². The molecular weight excluding hydrogens is 244 g/mol. The van der Waals surface area contributed by atoms with E-state index >= 15 is 0 Å². The van der Waals surface area contributed by atoms with E-state index in [9.17, 15) is 4.79 Å². The maximum Gasteiger partial charge on any atom is 0.274 e. The Morgan fingerprint density at radius 1 is 1.42 bits per heavy atom. The minimum absolute atomic E-state index is 0.00528. The van der Waals surface area contributed by atoms with Gasteiger partial charge in [0.25, 0.3) is 5.91 Å². The maximum atomic E-state index is 12.5. The predicted octanol–water partition coefficient (Wildman–Crippen LogP) is 0.948. The Morgan fingerprint density at radius 3 is 2.84 bits per heavy atom. The van der Waals surface area contributed by atoms with Crippen molar-refractivity contribution in [3.05, 3.63) is 11.9 Å². The topological polar surface area (TPSA) is 59.4 Å². The van der Waals surface area contributed by atoms with Gasteiger partial charge in [-0.3, -0.25) is 4.79 Å². The summed E-state index contributed by atoms with van der Waals surface area (Å²) in [7, 11) is 0. The highest BCUT2D eigenvalue weighted by Gasteiger charge is 2.28. The SMILES string of the molecule is C[C@@H]1CN(C(=O)c2cn3c(n2)NCCC3)C[C@H](C)O1. The van der Waals surface area contributed by atoms with Gasteiger partial charge in [0.2, 0.25) is 5.95 Å². The second-order valence-electron chi connectivity index (χ2n) is 5.39. The smallest absolute Gasteiger partial charge is 0.274 e. The highest BCUT2D eigenvalue weighted by molar-refractivity contribution is 5.92. The lowest BCUT2D eigenvalue weighted by Crippen LogP contribution is -2.48. The molecule has 2 aliphatic rings. The van der Waals surface area contributed by atoms with Crippen LogP contribution in [0.5, 0.6) is 0 Å². The average molecular weight is 264 g/mol. The number of imidazole rings is 1. The summed E-state index contributed by atoms with van der Waals surface area (Å²) in [6.45, 7) is 7.12. The van der Waals surface area contributed by atoms with E-state index in [2.05, 4.69) is 10.3 Å². The summed E-state index contributed by atoms with van der Waals surface area (Å²) in [5.41, 5.74) is 0.533. The molecule has 2 aliphatic heterocycles. The van der Waals surface area contributed by atoms with Crippen LogP contribution in [0.25, 0.3) is 0 Å². The number of hydrogen-bond acceptors (Lipinski definition) is 4. The van der Waals surface area contributed by atoms with Crippen molar-refractivity contribution in [2.45, 2.75) is 39.0 Å². The summed E-state index contributed by atoms with van der Waals surface area (Å²) in [4.78, 5) is 18.7. The van der Waals surface area contributed by atoms with Gasteiger partial charge in [0, 0.05) is 32.4 Å². The molecule has 0 saturated carbocycles. The monoisotopic (exact) mass is 264 g/mol. The Bertz CT molecular complexity index is 451. The summed E-state index contributed by atoms with van der Waals surface area (Å²) < 4.78 is 7.67. The van der Waals surface area contributed by atoms with Crippen molar-refractivity contribution < 1.29 is 9.53 Å². The molecule has 0 bridgehead atoms. The highest BCUT2D eigenvalue weighted by Crippen LogP contribution is 2.18. The second kappa shape index (κ2) is 4.85. The van der Waals surface area contributed by atoms with Crippen LogP contribution in [0.2, 0.25) is 0 Å².